The summed E-state index contributed by atoms with van der Waals surface area (Å²) in [5.74, 6) is 0.176. The molecular weight excluding hydrogens is 363 g/mol. The third kappa shape index (κ3) is 3.07. The number of nitrogens with zero attached hydrogens (tertiary/aromatic N) is 2. The van der Waals surface area contributed by atoms with Crippen LogP contribution in [0.25, 0.3) is 11.4 Å². The van der Waals surface area contributed by atoms with Gasteiger partial charge in [-0.15, -0.1) is 12.4 Å². The van der Waals surface area contributed by atoms with Crippen LogP contribution in [0.3, 0.4) is 0 Å². The third-order valence-electron chi connectivity index (χ3n) is 3.40. The van der Waals surface area contributed by atoms with Gasteiger partial charge in [-0.1, -0.05) is 0 Å². The zero-order valence-electron chi connectivity index (χ0n) is 11.3. The molecular formula is C14H15BrClFN2O2. The van der Waals surface area contributed by atoms with Crippen molar-refractivity contribution in [2.75, 3.05) is 6.61 Å². The van der Waals surface area contributed by atoms with Crippen molar-refractivity contribution in [3.8, 4) is 17.1 Å². The van der Waals surface area contributed by atoms with Crippen molar-refractivity contribution in [1.82, 2.24) is 9.55 Å². The van der Waals surface area contributed by atoms with Crippen molar-refractivity contribution in [2.24, 2.45) is 0 Å². The molecule has 1 N–H and O–H groups in total. The predicted octanol–water partition coefficient (Wildman–Crippen LogP) is 3.54. The van der Waals surface area contributed by atoms with Crippen LogP contribution in [-0.4, -0.2) is 27.4 Å². The van der Waals surface area contributed by atoms with Gasteiger partial charge >= 0.3 is 0 Å². The van der Waals surface area contributed by atoms with E-state index >= 15 is 0 Å². The van der Waals surface area contributed by atoms with Crippen molar-refractivity contribution >= 4 is 28.3 Å². The van der Waals surface area contributed by atoms with Crippen molar-refractivity contribution in [3.05, 3.63) is 34.3 Å². The summed E-state index contributed by atoms with van der Waals surface area (Å²) in [4.78, 5) is 4.44. The molecule has 1 aliphatic rings. The van der Waals surface area contributed by atoms with Gasteiger partial charge in [0.1, 0.15) is 22.0 Å². The first-order valence-electron chi connectivity index (χ1n) is 6.41. The van der Waals surface area contributed by atoms with Crippen LogP contribution < -0.4 is 0 Å². The van der Waals surface area contributed by atoms with Crippen LogP contribution in [0.15, 0.2) is 22.8 Å². The Balaban J connectivity index is 0.00000161. The minimum absolute atomic E-state index is 0. The number of fused-ring (bicyclic) bond motifs is 1. The first-order valence-corrected chi connectivity index (χ1v) is 7.21. The van der Waals surface area contributed by atoms with E-state index in [0.29, 0.717) is 29.1 Å². The maximum atomic E-state index is 13.4. The van der Waals surface area contributed by atoms with Crippen LogP contribution in [0.4, 0.5) is 4.39 Å². The second-order valence-corrected chi connectivity index (χ2v) is 5.63. The Hall–Kier alpha value is -1.11. The Morgan fingerprint density at radius 2 is 2.24 bits per heavy atom. The number of rotatable bonds is 1. The summed E-state index contributed by atoms with van der Waals surface area (Å²) in [6.45, 7) is 3.23. The minimum atomic E-state index is -0.399. The summed E-state index contributed by atoms with van der Waals surface area (Å²) < 4.78 is 21.8. The largest absolute Gasteiger partial charge is 0.507 e. The van der Waals surface area contributed by atoms with Crippen LogP contribution in [0, 0.1) is 5.82 Å². The van der Waals surface area contributed by atoms with Gasteiger partial charge in [0.2, 0.25) is 0 Å². The van der Waals surface area contributed by atoms with E-state index < -0.39 is 5.82 Å². The molecule has 1 atom stereocenters. The lowest BCUT2D eigenvalue weighted by Crippen LogP contribution is -2.15. The van der Waals surface area contributed by atoms with Gasteiger partial charge < -0.3 is 14.4 Å². The second kappa shape index (κ2) is 6.34. The summed E-state index contributed by atoms with van der Waals surface area (Å²) in [6.07, 6.45) is 0.778. The lowest BCUT2D eigenvalue weighted by molar-refractivity contribution is 0.0666. The van der Waals surface area contributed by atoms with E-state index in [1.54, 1.807) is 0 Å². The van der Waals surface area contributed by atoms with Crippen molar-refractivity contribution in [1.29, 1.82) is 0 Å². The highest BCUT2D eigenvalue weighted by Gasteiger charge is 2.23. The number of hydrogen-bond donors (Lipinski definition) is 1. The molecule has 1 aromatic carbocycles. The summed E-state index contributed by atoms with van der Waals surface area (Å²) >= 11 is 3.43. The molecule has 1 aromatic heterocycles. The summed E-state index contributed by atoms with van der Waals surface area (Å²) in [7, 11) is 0. The van der Waals surface area contributed by atoms with Crippen LogP contribution in [0.2, 0.25) is 0 Å². The summed E-state index contributed by atoms with van der Waals surface area (Å²) in [5, 5.41) is 9.97. The lowest BCUT2D eigenvalue weighted by Gasteiger charge is -2.13. The van der Waals surface area contributed by atoms with Gasteiger partial charge in [-0.05, 0) is 41.1 Å². The number of phenols is 1. The van der Waals surface area contributed by atoms with Crippen LogP contribution in [0.1, 0.15) is 12.6 Å². The van der Waals surface area contributed by atoms with E-state index in [9.17, 15) is 9.50 Å². The molecule has 0 spiro atoms. The Morgan fingerprint density at radius 1 is 1.48 bits per heavy atom. The molecule has 7 heteroatoms. The average molecular weight is 378 g/mol. The van der Waals surface area contributed by atoms with E-state index in [2.05, 4.69) is 20.9 Å². The van der Waals surface area contributed by atoms with Crippen molar-refractivity contribution in [3.63, 3.8) is 0 Å². The van der Waals surface area contributed by atoms with E-state index in [0.717, 1.165) is 12.1 Å². The predicted molar refractivity (Wildman–Crippen MR) is 83.4 cm³/mol. The number of ether oxygens (including phenoxy) is 1. The molecule has 4 nitrogen and oxygen atoms in total. The van der Waals surface area contributed by atoms with E-state index in [1.165, 1.54) is 18.2 Å². The SMILES string of the molecule is C[C@@H]1Cn2c(-c3cc(F)ccc3O)nc(Br)c2CCO1.Cl. The molecule has 3 rings (SSSR count). The first-order chi connectivity index (χ1) is 9.56. The normalized spacial score (nSPS) is 17.8. The molecule has 0 bridgehead atoms. The molecule has 1 aliphatic heterocycles. The lowest BCUT2D eigenvalue weighted by atomic mass is 10.1. The summed E-state index contributed by atoms with van der Waals surface area (Å²) in [5.41, 5.74) is 1.40. The molecule has 0 saturated carbocycles. The van der Waals surface area contributed by atoms with E-state index in [-0.39, 0.29) is 24.3 Å². The zero-order valence-corrected chi connectivity index (χ0v) is 13.7. The van der Waals surface area contributed by atoms with Crippen LogP contribution in [0.5, 0.6) is 5.75 Å². The smallest absolute Gasteiger partial charge is 0.145 e. The highest BCUT2D eigenvalue weighted by Crippen LogP contribution is 2.33. The molecule has 0 fully saturated rings. The van der Waals surface area contributed by atoms with Crippen LogP contribution in [-0.2, 0) is 17.7 Å². The molecule has 2 aromatic rings. The monoisotopic (exact) mass is 376 g/mol. The first kappa shape index (κ1) is 16.3. The third-order valence-corrected chi connectivity index (χ3v) is 4.04. The molecule has 0 aliphatic carbocycles. The van der Waals surface area contributed by atoms with Gasteiger partial charge in [-0.25, -0.2) is 9.37 Å². The van der Waals surface area contributed by atoms with E-state index in [4.69, 9.17) is 4.74 Å². The number of imidazole rings is 1. The molecule has 0 amide bonds. The number of phenolic OH excluding ortho intramolecular Hbond substituents is 1. The molecule has 2 heterocycles. The average Bonchev–Trinajstić information content (AvgIpc) is 2.59. The fourth-order valence-corrected chi connectivity index (χ4v) is 3.03. The Labute approximate surface area is 136 Å². The maximum Gasteiger partial charge on any atom is 0.145 e. The highest BCUT2D eigenvalue weighted by molar-refractivity contribution is 9.10. The fraction of sp³-hybridized carbons (Fsp3) is 0.357. The highest BCUT2D eigenvalue weighted by atomic mass is 79.9. The molecule has 0 unspecified atom stereocenters. The minimum Gasteiger partial charge on any atom is -0.507 e. The van der Waals surface area contributed by atoms with Gasteiger partial charge in [-0.3, -0.25) is 0 Å². The van der Waals surface area contributed by atoms with Gasteiger partial charge in [0.15, 0.2) is 0 Å². The second-order valence-electron chi connectivity index (χ2n) is 4.88. The number of hydrogen-bond acceptors (Lipinski definition) is 3. The number of aromatic hydroxyl groups is 1. The fourth-order valence-electron chi connectivity index (χ4n) is 2.45. The van der Waals surface area contributed by atoms with E-state index in [1.807, 2.05) is 11.5 Å². The van der Waals surface area contributed by atoms with Gasteiger partial charge in [-0.2, -0.15) is 0 Å². The number of benzene rings is 1. The van der Waals surface area contributed by atoms with Crippen molar-refractivity contribution in [2.45, 2.75) is 26.0 Å². The van der Waals surface area contributed by atoms with Crippen molar-refractivity contribution < 1.29 is 14.2 Å². The van der Waals surface area contributed by atoms with Crippen LogP contribution >= 0.6 is 28.3 Å². The zero-order chi connectivity index (χ0) is 14.3. The number of halogens is 3. The molecule has 0 radical (unpaired) electrons. The van der Waals surface area contributed by atoms with Gasteiger partial charge in [0.05, 0.1) is 30.5 Å². The van der Waals surface area contributed by atoms with Gasteiger partial charge in [0, 0.05) is 6.42 Å². The Bertz CT molecular complexity index is 663. The molecule has 0 saturated heterocycles. The molecule has 114 valence electrons. The number of aromatic nitrogens is 2. The Morgan fingerprint density at radius 3 is 3.00 bits per heavy atom. The molecule has 21 heavy (non-hydrogen) atoms. The quantitative estimate of drug-likeness (QED) is 0.827. The summed E-state index contributed by atoms with van der Waals surface area (Å²) in [6, 6.07) is 3.87. The van der Waals surface area contributed by atoms with Gasteiger partial charge in [0.25, 0.3) is 0 Å². The maximum absolute atomic E-state index is 13.4. The Kier molecular flexibility index (Phi) is 4.91. The topological polar surface area (TPSA) is 47.3 Å². The standard InChI is InChI=1S/C14H14BrFN2O2.ClH/c1-8-7-18-11(4-5-20-8)13(15)17-14(18)10-6-9(16)2-3-12(10)19;/h2-3,6,8,19H,4-5,7H2,1H3;1H/t8-;/m1./s1.